The predicted molar refractivity (Wildman–Crippen MR) is 98.9 cm³/mol. The highest BCUT2D eigenvalue weighted by molar-refractivity contribution is 7.09. The summed E-state index contributed by atoms with van der Waals surface area (Å²) >= 11 is 1.68. The van der Waals surface area contributed by atoms with Gasteiger partial charge in [0.1, 0.15) is 0 Å². The van der Waals surface area contributed by atoms with Crippen molar-refractivity contribution in [3.63, 3.8) is 0 Å². The van der Waals surface area contributed by atoms with Crippen LogP contribution in [-0.4, -0.2) is 48.4 Å². The molecular formula is C19H25N3OS. The highest BCUT2D eigenvalue weighted by atomic mass is 32.1. The Bertz CT molecular complexity index is 615. The van der Waals surface area contributed by atoms with Crippen molar-refractivity contribution in [3.8, 4) is 0 Å². The Labute approximate surface area is 148 Å². The molecule has 0 atom stereocenters. The van der Waals surface area contributed by atoms with Crippen LogP contribution in [0.2, 0.25) is 0 Å². The summed E-state index contributed by atoms with van der Waals surface area (Å²) in [6.07, 6.45) is 1.12. The average molecular weight is 343 g/mol. The summed E-state index contributed by atoms with van der Waals surface area (Å²) in [4.78, 5) is 18.1. The van der Waals surface area contributed by atoms with E-state index in [1.807, 2.05) is 11.4 Å². The van der Waals surface area contributed by atoms with E-state index in [1.165, 1.54) is 10.4 Å². The van der Waals surface area contributed by atoms with Crippen molar-refractivity contribution in [1.82, 2.24) is 15.1 Å². The van der Waals surface area contributed by atoms with Crippen LogP contribution in [0, 0.1) is 0 Å². The number of carbonyl (C=O) groups excluding carboxylic acids is 1. The lowest BCUT2D eigenvalue weighted by Gasteiger charge is -2.21. The van der Waals surface area contributed by atoms with E-state index >= 15 is 0 Å². The Balaban J connectivity index is 1.41. The van der Waals surface area contributed by atoms with Crippen molar-refractivity contribution in [2.45, 2.75) is 19.5 Å². The zero-order valence-electron chi connectivity index (χ0n) is 14.0. The summed E-state index contributed by atoms with van der Waals surface area (Å²) in [5, 5.41) is 5.06. The summed E-state index contributed by atoms with van der Waals surface area (Å²) < 4.78 is 0. The van der Waals surface area contributed by atoms with E-state index in [0.29, 0.717) is 13.1 Å². The third-order valence-electron chi connectivity index (χ3n) is 4.34. The number of nitrogens with zero attached hydrogens (tertiary/aromatic N) is 2. The minimum absolute atomic E-state index is 0.125. The summed E-state index contributed by atoms with van der Waals surface area (Å²) in [6, 6.07) is 14.7. The maximum absolute atomic E-state index is 12.1. The van der Waals surface area contributed by atoms with E-state index in [2.05, 4.69) is 51.5 Å². The number of rotatable bonds is 6. The minimum atomic E-state index is 0.125. The summed E-state index contributed by atoms with van der Waals surface area (Å²) in [6.45, 7) is 6.22. The molecular weight excluding hydrogens is 318 g/mol. The lowest BCUT2D eigenvalue weighted by atomic mass is 10.2. The van der Waals surface area contributed by atoms with Crippen molar-refractivity contribution < 1.29 is 4.79 Å². The van der Waals surface area contributed by atoms with Gasteiger partial charge < -0.3 is 5.32 Å². The van der Waals surface area contributed by atoms with Crippen molar-refractivity contribution in [3.05, 3.63) is 58.3 Å². The van der Waals surface area contributed by atoms with E-state index in [4.69, 9.17) is 0 Å². The summed E-state index contributed by atoms with van der Waals surface area (Å²) in [7, 11) is 0. The molecule has 0 spiro atoms. The van der Waals surface area contributed by atoms with Gasteiger partial charge in [-0.15, -0.1) is 11.3 Å². The average Bonchev–Trinajstić information content (AvgIpc) is 3.03. The van der Waals surface area contributed by atoms with Gasteiger partial charge in [-0.3, -0.25) is 14.6 Å². The van der Waals surface area contributed by atoms with Crippen LogP contribution >= 0.6 is 11.3 Å². The number of hydrogen-bond donors (Lipinski definition) is 1. The second-order valence-electron chi connectivity index (χ2n) is 6.25. The summed E-state index contributed by atoms with van der Waals surface area (Å²) in [5.41, 5.74) is 1.36. The van der Waals surface area contributed by atoms with Crippen LogP contribution in [0.25, 0.3) is 0 Å². The summed E-state index contributed by atoms with van der Waals surface area (Å²) in [5.74, 6) is 0.125. The molecule has 0 aliphatic carbocycles. The molecule has 2 aromatic rings. The van der Waals surface area contributed by atoms with Crippen LogP contribution in [0.4, 0.5) is 0 Å². The lowest BCUT2D eigenvalue weighted by Crippen LogP contribution is -2.38. The van der Waals surface area contributed by atoms with Gasteiger partial charge in [0.25, 0.3) is 0 Å². The van der Waals surface area contributed by atoms with Gasteiger partial charge in [-0.25, -0.2) is 0 Å². The standard InChI is InChI=1S/C19H25N3OS/c23-19(20-14-18-8-4-13-24-18)16-22-10-5-9-21(11-12-22)15-17-6-2-1-3-7-17/h1-4,6-8,13H,5,9-12,14-16H2,(H,20,23). The van der Waals surface area contributed by atoms with Crippen LogP contribution in [-0.2, 0) is 17.9 Å². The monoisotopic (exact) mass is 343 g/mol. The zero-order valence-corrected chi connectivity index (χ0v) is 14.8. The van der Waals surface area contributed by atoms with E-state index < -0.39 is 0 Å². The molecule has 5 heteroatoms. The quantitative estimate of drug-likeness (QED) is 0.876. The SMILES string of the molecule is O=C(CN1CCCN(Cc2ccccc2)CC1)NCc1cccs1. The van der Waals surface area contributed by atoms with Gasteiger partial charge in [0.15, 0.2) is 0 Å². The van der Waals surface area contributed by atoms with Crippen molar-refractivity contribution in [2.75, 3.05) is 32.7 Å². The topological polar surface area (TPSA) is 35.6 Å². The van der Waals surface area contributed by atoms with Crippen LogP contribution in [0.15, 0.2) is 47.8 Å². The molecule has 1 N–H and O–H groups in total. The molecule has 1 amide bonds. The molecule has 0 radical (unpaired) electrons. The van der Waals surface area contributed by atoms with E-state index in [9.17, 15) is 4.79 Å². The molecule has 2 heterocycles. The molecule has 4 nitrogen and oxygen atoms in total. The fourth-order valence-corrected chi connectivity index (χ4v) is 3.68. The highest BCUT2D eigenvalue weighted by Gasteiger charge is 2.17. The zero-order chi connectivity index (χ0) is 16.6. The third-order valence-corrected chi connectivity index (χ3v) is 5.21. The fourth-order valence-electron chi connectivity index (χ4n) is 3.04. The smallest absolute Gasteiger partial charge is 0.234 e. The molecule has 1 aliphatic rings. The Hall–Kier alpha value is -1.69. The number of carbonyl (C=O) groups is 1. The first-order valence-corrected chi connectivity index (χ1v) is 9.45. The third kappa shape index (κ3) is 5.44. The largest absolute Gasteiger partial charge is 0.350 e. The van der Waals surface area contributed by atoms with Gasteiger partial charge in [0.05, 0.1) is 13.1 Å². The minimum Gasteiger partial charge on any atom is -0.350 e. The molecule has 1 aliphatic heterocycles. The van der Waals surface area contributed by atoms with Gasteiger partial charge in [-0.05, 0) is 36.5 Å². The Kier molecular flexibility index (Phi) is 6.41. The highest BCUT2D eigenvalue weighted by Crippen LogP contribution is 2.09. The molecule has 24 heavy (non-hydrogen) atoms. The Morgan fingerprint density at radius 3 is 2.58 bits per heavy atom. The normalized spacial score (nSPS) is 16.7. The molecule has 0 unspecified atom stereocenters. The first kappa shape index (κ1) is 17.1. The predicted octanol–water partition coefficient (Wildman–Crippen LogP) is 2.57. The number of thiophene rings is 1. The van der Waals surface area contributed by atoms with Crippen LogP contribution < -0.4 is 5.32 Å². The molecule has 0 saturated carbocycles. The van der Waals surface area contributed by atoms with E-state index in [1.54, 1.807) is 11.3 Å². The molecule has 1 saturated heterocycles. The molecule has 1 aromatic heterocycles. The van der Waals surface area contributed by atoms with Crippen molar-refractivity contribution in [2.24, 2.45) is 0 Å². The van der Waals surface area contributed by atoms with Crippen molar-refractivity contribution in [1.29, 1.82) is 0 Å². The van der Waals surface area contributed by atoms with Gasteiger partial charge in [-0.2, -0.15) is 0 Å². The van der Waals surface area contributed by atoms with Crippen LogP contribution in [0.3, 0.4) is 0 Å². The van der Waals surface area contributed by atoms with Crippen molar-refractivity contribution >= 4 is 17.2 Å². The molecule has 128 valence electrons. The second kappa shape index (κ2) is 8.97. The van der Waals surface area contributed by atoms with E-state index in [-0.39, 0.29) is 5.91 Å². The fraction of sp³-hybridized carbons (Fsp3) is 0.421. The first-order valence-electron chi connectivity index (χ1n) is 8.57. The van der Waals surface area contributed by atoms with Gasteiger partial charge >= 0.3 is 0 Å². The van der Waals surface area contributed by atoms with Crippen LogP contribution in [0.5, 0.6) is 0 Å². The molecule has 1 aromatic carbocycles. The molecule has 3 rings (SSSR count). The van der Waals surface area contributed by atoms with Gasteiger partial charge in [-0.1, -0.05) is 36.4 Å². The van der Waals surface area contributed by atoms with Crippen LogP contribution in [0.1, 0.15) is 16.9 Å². The number of hydrogen-bond acceptors (Lipinski definition) is 4. The van der Waals surface area contributed by atoms with Gasteiger partial charge in [0.2, 0.25) is 5.91 Å². The maximum Gasteiger partial charge on any atom is 0.234 e. The Morgan fingerprint density at radius 1 is 1.00 bits per heavy atom. The van der Waals surface area contributed by atoms with Gasteiger partial charge in [0, 0.05) is 24.5 Å². The number of benzene rings is 1. The lowest BCUT2D eigenvalue weighted by molar-refractivity contribution is -0.122. The van der Waals surface area contributed by atoms with E-state index in [0.717, 1.165) is 39.1 Å². The molecule has 0 bridgehead atoms. The number of amides is 1. The number of nitrogens with one attached hydrogen (secondary N) is 1. The maximum atomic E-state index is 12.1. The Morgan fingerprint density at radius 2 is 1.79 bits per heavy atom. The second-order valence-corrected chi connectivity index (χ2v) is 7.28. The first-order chi connectivity index (χ1) is 11.8. The molecule has 1 fully saturated rings.